The van der Waals surface area contributed by atoms with Crippen molar-refractivity contribution in [2.45, 2.75) is 32.2 Å². The van der Waals surface area contributed by atoms with E-state index in [4.69, 9.17) is 11.6 Å². The van der Waals surface area contributed by atoms with Crippen LogP contribution in [0.3, 0.4) is 0 Å². The number of nitrogens with zero attached hydrogens (tertiary/aromatic N) is 3. The van der Waals surface area contributed by atoms with E-state index in [0.29, 0.717) is 13.1 Å². The summed E-state index contributed by atoms with van der Waals surface area (Å²) in [5.74, 6) is 0.986. The highest BCUT2D eigenvalue weighted by atomic mass is 127. The molecule has 146 valence electrons. The van der Waals surface area contributed by atoms with E-state index in [1.54, 1.807) is 11.9 Å². The standard InChI is InChI=1S/C19H29ClN4O.HI/c1-21-18(24(4)13-15-9-5-6-10-16(15)20)22-14-19(11-7-8-12-19)17(25)23(2)3;/h5-6,9-10H,7-8,11-14H2,1-4H3,(H,21,22);1H. The van der Waals surface area contributed by atoms with Crippen LogP contribution in [-0.4, -0.2) is 56.4 Å². The molecule has 1 fully saturated rings. The van der Waals surface area contributed by atoms with Crippen LogP contribution in [0.1, 0.15) is 31.2 Å². The van der Waals surface area contributed by atoms with Gasteiger partial charge in [0.1, 0.15) is 0 Å². The fourth-order valence-corrected chi connectivity index (χ4v) is 3.78. The molecule has 0 spiro atoms. The Labute approximate surface area is 179 Å². The average Bonchev–Trinajstić information content (AvgIpc) is 3.06. The number of carbonyl (C=O) groups is 1. The van der Waals surface area contributed by atoms with E-state index in [9.17, 15) is 4.79 Å². The molecule has 0 radical (unpaired) electrons. The van der Waals surface area contributed by atoms with E-state index in [-0.39, 0.29) is 35.3 Å². The van der Waals surface area contributed by atoms with Gasteiger partial charge in [0.15, 0.2) is 5.96 Å². The third-order valence-electron chi connectivity index (χ3n) is 4.94. The van der Waals surface area contributed by atoms with Gasteiger partial charge in [0, 0.05) is 46.3 Å². The lowest BCUT2D eigenvalue weighted by Crippen LogP contribution is -2.49. The van der Waals surface area contributed by atoms with Gasteiger partial charge >= 0.3 is 0 Å². The molecule has 0 saturated heterocycles. The first-order chi connectivity index (χ1) is 11.9. The zero-order valence-electron chi connectivity index (χ0n) is 16.1. The summed E-state index contributed by atoms with van der Waals surface area (Å²) in [5.41, 5.74) is 0.736. The Morgan fingerprint density at radius 3 is 2.38 bits per heavy atom. The quantitative estimate of drug-likeness (QED) is 0.388. The summed E-state index contributed by atoms with van der Waals surface area (Å²) in [5, 5.41) is 4.16. The van der Waals surface area contributed by atoms with Gasteiger partial charge in [0.2, 0.25) is 5.91 Å². The maximum absolute atomic E-state index is 12.7. The summed E-state index contributed by atoms with van der Waals surface area (Å²) in [7, 11) is 7.41. The van der Waals surface area contributed by atoms with Crippen molar-refractivity contribution in [2.24, 2.45) is 10.4 Å². The molecule has 26 heavy (non-hydrogen) atoms. The molecule has 1 aliphatic carbocycles. The van der Waals surface area contributed by atoms with Gasteiger partial charge in [-0.3, -0.25) is 9.79 Å². The van der Waals surface area contributed by atoms with Gasteiger partial charge in [-0.2, -0.15) is 0 Å². The fraction of sp³-hybridized carbons (Fsp3) is 0.579. The van der Waals surface area contributed by atoms with Crippen LogP contribution >= 0.6 is 35.6 Å². The molecule has 1 N–H and O–H groups in total. The predicted molar refractivity (Wildman–Crippen MR) is 119 cm³/mol. The van der Waals surface area contributed by atoms with E-state index in [2.05, 4.69) is 10.3 Å². The van der Waals surface area contributed by atoms with E-state index in [0.717, 1.165) is 42.2 Å². The van der Waals surface area contributed by atoms with Gasteiger partial charge in [-0.25, -0.2) is 0 Å². The molecule has 5 nitrogen and oxygen atoms in total. The molecule has 2 rings (SSSR count). The van der Waals surface area contributed by atoms with Crippen molar-refractivity contribution in [3.05, 3.63) is 34.9 Å². The van der Waals surface area contributed by atoms with Crippen molar-refractivity contribution in [2.75, 3.05) is 34.7 Å². The molecule has 1 saturated carbocycles. The van der Waals surface area contributed by atoms with Gasteiger partial charge in [-0.15, -0.1) is 24.0 Å². The highest BCUT2D eigenvalue weighted by Crippen LogP contribution is 2.39. The molecule has 7 heteroatoms. The summed E-state index contributed by atoms with van der Waals surface area (Å²) in [4.78, 5) is 20.8. The second-order valence-corrected chi connectivity index (χ2v) is 7.44. The Hall–Kier alpha value is -1.02. The molecule has 1 aromatic carbocycles. The van der Waals surface area contributed by atoms with Crippen LogP contribution in [-0.2, 0) is 11.3 Å². The monoisotopic (exact) mass is 492 g/mol. The van der Waals surface area contributed by atoms with E-state index in [1.165, 1.54) is 0 Å². The predicted octanol–water partition coefficient (Wildman–Crippen LogP) is 3.61. The lowest BCUT2D eigenvalue weighted by atomic mass is 9.84. The molecule has 0 bridgehead atoms. The number of carbonyl (C=O) groups excluding carboxylic acids is 1. The van der Waals surface area contributed by atoms with Crippen molar-refractivity contribution in [1.29, 1.82) is 0 Å². The summed E-state index contributed by atoms with van der Waals surface area (Å²) in [6.45, 7) is 1.28. The van der Waals surface area contributed by atoms with Gasteiger partial charge < -0.3 is 15.1 Å². The Balaban J connectivity index is 0.00000338. The Bertz CT molecular complexity index is 630. The Morgan fingerprint density at radius 1 is 1.23 bits per heavy atom. The molecule has 1 aliphatic rings. The van der Waals surface area contributed by atoms with E-state index < -0.39 is 0 Å². The number of hydrogen-bond acceptors (Lipinski definition) is 2. The van der Waals surface area contributed by atoms with Crippen molar-refractivity contribution in [3.8, 4) is 0 Å². The fourth-order valence-electron chi connectivity index (χ4n) is 3.58. The second-order valence-electron chi connectivity index (χ2n) is 7.04. The van der Waals surface area contributed by atoms with Crippen molar-refractivity contribution in [3.63, 3.8) is 0 Å². The van der Waals surface area contributed by atoms with Gasteiger partial charge in [-0.05, 0) is 24.5 Å². The van der Waals surface area contributed by atoms with E-state index in [1.807, 2.05) is 50.3 Å². The summed E-state index contributed by atoms with van der Waals surface area (Å²) in [6.07, 6.45) is 4.08. The number of amides is 1. The van der Waals surface area contributed by atoms with Gasteiger partial charge in [-0.1, -0.05) is 42.6 Å². The van der Waals surface area contributed by atoms with Crippen molar-refractivity contribution < 1.29 is 4.79 Å². The van der Waals surface area contributed by atoms with Crippen molar-refractivity contribution in [1.82, 2.24) is 15.1 Å². The highest BCUT2D eigenvalue weighted by Gasteiger charge is 2.42. The number of benzene rings is 1. The van der Waals surface area contributed by atoms with Crippen LogP contribution in [0, 0.1) is 5.41 Å². The molecular weight excluding hydrogens is 463 g/mol. The minimum Gasteiger partial charge on any atom is -0.355 e. The number of guanidine groups is 1. The molecular formula is C19H30ClIN4O. The van der Waals surface area contributed by atoms with Crippen LogP contribution in [0.5, 0.6) is 0 Å². The zero-order chi connectivity index (χ0) is 18.4. The molecule has 1 aromatic rings. The van der Waals surface area contributed by atoms with Crippen LogP contribution in [0.2, 0.25) is 5.02 Å². The lowest BCUT2D eigenvalue weighted by molar-refractivity contribution is -0.138. The molecule has 1 amide bonds. The Morgan fingerprint density at radius 2 is 1.85 bits per heavy atom. The van der Waals surface area contributed by atoms with Crippen LogP contribution in [0.4, 0.5) is 0 Å². The maximum atomic E-state index is 12.7. The smallest absolute Gasteiger partial charge is 0.230 e. The first-order valence-electron chi connectivity index (χ1n) is 8.76. The third-order valence-corrected chi connectivity index (χ3v) is 5.31. The third kappa shape index (κ3) is 5.49. The Kier molecular flexibility index (Phi) is 9.16. The SMILES string of the molecule is CN=C(NCC1(C(=O)N(C)C)CCCC1)N(C)Cc1ccccc1Cl.I. The van der Waals surface area contributed by atoms with Crippen molar-refractivity contribution >= 4 is 47.4 Å². The average molecular weight is 493 g/mol. The number of nitrogens with one attached hydrogen (secondary N) is 1. The summed E-state index contributed by atoms with van der Waals surface area (Å²) >= 11 is 6.26. The van der Waals surface area contributed by atoms with Crippen LogP contribution < -0.4 is 5.32 Å². The molecule has 0 atom stereocenters. The number of aliphatic imine (C=N–C) groups is 1. The molecule has 0 aliphatic heterocycles. The summed E-state index contributed by atoms with van der Waals surface area (Å²) < 4.78 is 0. The minimum atomic E-state index is -0.315. The number of rotatable bonds is 5. The van der Waals surface area contributed by atoms with Crippen LogP contribution in [0.15, 0.2) is 29.3 Å². The zero-order valence-corrected chi connectivity index (χ0v) is 19.2. The summed E-state index contributed by atoms with van der Waals surface area (Å²) in [6, 6.07) is 7.81. The maximum Gasteiger partial charge on any atom is 0.230 e. The van der Waals surface area contributed by atoms with E-state index >= 15 is 0 Å². The van der Waals surface area contributed by atoms with Gasteiger partial charge in [0.25, 0.3) is 0 Å². The first kappa shape index (κ1) is 23.0. The van der Waals surface area contributed by atoms with Crippen LogP contribution in [0.25, 0.3) is 0 Å². The molecule has 0 unspecified atom stereocenters. The number of halogens is 2. The highest BCUT2D eigenvalue weighted by molar-refractivity contribution is 14.0. The second kappa shape index (κ2) is 10.3. The largest absolute Gasteiger partial charge is 0.355 e. The minimum absolute atomic E-state index is 0. The normalized spacial score (nSPS) is 16.0. The van der Waals surface area contributed by atoms with Gasteiger partial charge in [0.05, 0.1) is 5.41 Å². The lowest BCUT2D eigenvalue weighted by Gasteiger charge is -2.32. The molecule has 0 heterocycles. The topological polar surface area (TPSA) is 47.9 Å². The molecule has 0 aromatic heterocycles. The number of hydrogen-bond donors (Lipinski definition) is 1. The first-order valence-corrected chi connectivity index (χ1v) is 9.14.